The van der Waals surface area contributed by atoms with Crippen LogP contribution in [0, 0.1) is 0 Å². The van der Waals surface area contributed by atoms with E-state index in [1.807, 2.05) is 54.6 Å². The lowest BCUT2D eigenvalue weighted by atomic mass is 10.0. The maximum atomic E-state index is 13.1. The number of fused-ring (bicyclic) bond motifs is 1. The molecule has 2 heterocycles. The van der Waals surface area contributed by atoms with Crippen LogP contribution in [0.15, 0.2) is 71.3 Å². The number of nitrogens with zero attached hydrogens (tertiary/aromatic N) is 2. The zero-order valence-corrected chi connectivity index (χ0v) is 17.9. The van der Waals surface area contributed by atoms with E-state index in [0.29, 0.717) is 17.9 Å². The summed E-state index contributed by atoms with van der Waals surface area (Å²) in [6.45, 7) is 0.468. The zero-order chi connectivity index (χ0) is 21.1. The molecule has 3 aromatic rings. The quantitative estimate of drug-likeness (QED) is 0.578. The first-order valence-corrected chi connectivity index (χ1v) is 10.3. The topological polar surface area (TPSA) is 71.5 Å². The molecule has 1 N–H and O–H groups in total. The van der Waals surface area contributed by atoms with Crippen LogP contribution in [0.4, 0.5) is 5.82 Å². The number of carbonyl (C=O) groups is 2. The lowest BCUT2D eigenvalue weighted by Crippen LogP contribution is -2.32. The van der Waals surface area contributed by atoms with Gasteiger partial charge in [0.05, 0.1) is 19.6 Å². The van der Waals surface area contributed by atoms with Gasteiger partial charge in [-0.1, -0.05) is 30.3 Å². The first-order valence-electron chi connectivity index (χ1n) is 9.49. The summed E-state index contributed by atoms with van der Waals surface area (Å²) in [6.07, 6.45) is 1.74. The Kier molecular flexibility index (Phi) is 5.81. The summed E-state index contributed by atoms with van der Waals surface area (Å²) in [7, 11) is 1.60. The smallest absolute Gasteiger partial charge is 0.255 e. The highest BCUT2D eigenvalue weighted by molar-refractivity contribution is 9.10. The summed E-state index contributed by atoms with van der Waals surface area (Å²) in [5.41, 5.74) is 2.53. The Bertz CT molecular complexity index is 1070. The molecule has 0 saturated carbocycles. The zero-order valence-electron chi connectivity index (χ0n) is 16.3. The molecule has 2 amide bonds. The summed E-state index contributed by atoms with van der Waals surface area (Å²) in [5, 5.41) is 2.82. The normalized spacial score (nSPS) is 13.7. The highest BCUT2D eigenvalue weighted by Crippen LogP contribution is 2.34. The van der Waals surface area contributed by atoms with Crippen molar-refractivity contribution < 1.29 is 14.3 Å². The van der Waals surface area contributed by atoms with E-state index in [-0.39, 0.29) is 18.2 Å². The molecule has 0 radical (unpaired) electrons. The maximum absolute atomic E-state index is 13.1. The van der Waals surface area contributed by atoms with Crippen LogP contribution < -0.4 is 10.1 Å². The molecule has 7 heteroatoms. The molecule has 1 aromatic heterocycles. The molecule has 0 spiro atoms. The Hall–Kier alpha value is -3.19. The van der Waals surface area contributed by atoms with Crippen LogP contribution in [0.2, 0.25) is 0 Å². The Labute approximate surface area is 183 Å². The van der Waals surface area contributed by atoms with Crippen molar-refractivity contribution in [1.29, 1.82) is 0 Å². The first-order chi connectivity index (χ1) is 14.5. The van der Waals surface area contributed by atoms with Gasteiger partial charge in [0.25, 0.3) is 5.91 Å². The molecular weight excluding hydrogens is 446 g/mol. The predicted molar refractivity (Wildman–Crippen MR) is 117 cm³/mol. The third-order valence-corrected chi connectivity index (χ3v) is 5.57. The lowest BCUT2D eigenvalue weighted by molar-refractivity contribution is -0.117. The molecule has 0 aliphatic carbocycles. The number of pyridine rings is 1. The Balaban J connectivity index is 1.59. The van der Waals surface area contributed by atoms with Crippen LogP contribution in [0.3, 0.4) is 0 Å². The Morgan fingerprint density at radius 1 is 1.17 bits per heavy atom. The molecule has 6 nitrogen and oxygen atoms in total. The van der Waals surface area contributed by atoms with Gasteiger partial charge in [-0.2, -0.15) is 0 Å². The number of methoxy groups -OCH3 is 1. The number of hydrogen-bond donors (Lipinski definition) is 1. The van der Waals surface area contributed by atoms with Gasteiger partial charge >= 0.3 is 0 Å². The van der Waals surface area contributed by atoms with E-state index in [2.05, 4.69) is 26.2 Å². The second-order valence-electron chi connectivity index (χ2n) is 6.99. The van der Waals surface area contributed by atoms with Crippen LogP contribution in [-0.4, -0.2) is 28.8 Å². The van der Waals surface area contributed by atoms with Gasteiger partial charge in [0.1, 0.15) is 11.6 Å². The SMILES string of the molecule is COc1ccc([C@@H](CC(=O)Nc2ccc(Br)cn2)N2Cc3ccccc3C2=O)cc1. The number of benzene rings is 2. The third kappa shape index (κ3) is 4.21. The van der Waals surface area contributed by atoms with Gasteiger partial charge in [0, 0.05) is 22.8 Å². The lowest BCUT2D eigenvalue weighted by Gasteiger charge is -2.28. The van der Waals surface area contributed by atoms with Gasteiger partial charge < -0.3 is 15.0 Å². The van der Waals surface area contributed by atoms with E-state index in [1.54, 1.807) is 24.3 Å². The molecule has 0 bridgehead atoms. The standard InChI is InChI=1S/C23H20BrN3O3/c1-30-18-9-6-15(7-10-18)20(12-22(28)26-21-11-8-17(24)13-25-21)27-14-16-4-2-3-5-19(16)23(27)29/h2-11,13,20H,12,14H2,1H3,(H,25,26,28)/t20-/m1/s1. The fourth-order valence-electron chi connectivity index (χ4n) is 3.58. The molecule has 1 aliphatic rings. The van der Waals surface area contributed by atoms with Gasteiger partial charge in [-0.15, -0.1) is 0 Å². The number of anilines is 1. The minimum Gasteiger partial charge on any atom is -0.497 e. The average molecular weight is 466 g/mol. The Morgan fingerprint density at radius 2 is 1.93 bits per heavy atom. The molecular formula is C23H20BrN3O3. The van der Waals surface area contributed by atoms with Crippen molar-refractivity contribution in [3.05, 3.63) is 88.0 Å². The molecule has 152 valence electrons. The van der Waals surface area contributed by atoms with Gasteiger partial charge in [-0.25, -0.2) is 4.98 Å². The second-order valence-corrected chi connectivity index (χ2v) is 7.91. The summed E-state index contributed by atoms with van der Waals surface area (Å²) < 4.78 is 6.07. The van der Waals surface area contributed by atoms with E-state index in [9.17, 15) is 9.59 Å². The van der Waals surface area contributed by atoms with Crippen molar-refractivity contribution >= 4 is 33.6 Å². The number of aromatic nitrogens is 1. The predicted octanol–water partition coefficient (Wildman–Crippen LogP) is 4.58. The number of hydrogen-bond acceptors (Lipinski definition) is 4. The van der Waals surface area contributed by atoms with Crippen LogP contribution in [-0.2, 0) is 11.3 Å². The summed E-state index contributed by atoms with van der Waals surface area (Å²) in [6, 6.07) is 18.1. The fraction of sp³-hybridized carbons (Fsp3) is 0.174. The van der Waals surface area contributed by atoms with Gasteiger partial charge in [-0.05, 0) is 57.4 Å². The molecule has 0 fully saturated rings. The minimum atomic E-state index is -0.411. The Morgan fingerprint density at radius 3 is 2.60 bits per heavy atom. The van der Waals surface area contributed by atoms with E-state index in [0.717, 1.165) is 21.3 Å². The van der Waals surface area contributed by atoms with E-state index in [4.69, 9.17) is 4.74 Å². The number of carbonyl (C=O) groups excluding carboxylic acids is 2. The van der Waals surface area contributed by atoms with Gasteiger partial charge in [-0.3, -0.25) is 9.59 Å². The first kappa shape index (κ1) is 20.1. The van der Waals surface area contributed by atoms with Crippen molar-refractivity contribution in [3.63, 3.8) is 0 Å². The molecule has 30 heavy (non-hydrogen) atoms. The summed E-state index contributed by atoms with van der Waals surface area (Å²) in [5.74, 6) is 0.903. The molecule has 2 aromatic carbocycles. The fourth-order valence-corrected chi connectivity index (χ4v) is 3.82. The molecule has 4 rings (SSSR count). The van der Waals surface area contributed by atoms with Crippen LogP contribution in [0.5, 0.6) is 5.75 Å². The van der Waals surface area contributed by atoms with E-state index in [1.165, 1.54) is 0 Å². The number of ether oxygens (including phenoxy) is 1. The molecule has 0 saturated heterocycles. The molecule has 0 unspecified atom stereocenters. The van der Waals surface area contributed by atoms with Crippen LogP contribution in [0.25, 0.3) is 0 Å². The van der Waals surface area contributed by atoms with Crippen molar-refractivity contribution in [1.82, 2.24) is 9.88 Å². The third-order valence-electron chi connectivity index (χ3n) is 5.10. The number of halogens is 1. The number of rotatable bonds is 6. The highest BCUT2D eigenvalue weighted by Gasteiger charge is 2.34. The van der Waals surface area contributed by atoms with Crippen molar-refractivity contribution in [3.8, 4) is 5.75 Å². The molecule has 1 atom stereocenters. The van der Waals surface area contributed by atoms with E-state index >= 15 is 0 Å². The number of nitrogens with one attached hydrogen (secondary N) is 1. The van der Waals surface area contributed by atoms with Crippen LogP contribution >= 0.6 is 15.9 Å². The minimum absolute atomic E-state index is 0.0685. The summed E-state index contributed by atoms with van der Waals surface area (Å²) in [4.78, 5) is 31.8. The molecule has 1 aliphatic heterocycles. The summed E-state index contributed by atoms with van der Waals surface area (Å²) >= 11 is 3.33. The second kappa shape index (κ2) is 8.67. The van der Waals surface area contributed by atoms with Crippen molar-refractivity contribution in [2.24, 2.45) is 0 Å². The largest absolute Gasteiger partial charge is 0.497 e. The van der Waals surface area contributed by atoms with Crippen LogP contribution in [0.1, 0.15) is 33.9 Å². The average Bonchev–Trinajstić information content (AvgIpc) is 3.10. The van der Waals surface area contributed by atoms with Crippen molar-refractivity contribution in [2.75, 3.05) is 12.4 Å². The van der Waals surface area contributed by atoms with Gasteiger partial charge in [0.15, 0.2) is 0 Å². The van der Waals surface area contributed by atoms with E-state index < -0.39 is 6.04 Å². The highest BCUT2D eigenvalue weighted by atomic mass is 79.9. The maximum Gasteiger partial charge on any atom is 0.255 e. The monoisotopic (exact) mass is 465 g/mol. The van der Waals surface area contributed by atoms with Crippen molar-refractivity contribution in [2.45, 2.75) is 19.0 Å². The number of amides is 2. The van der Waals surface area contributed by atoms with Gasteiger partial charge in [0.2, 0.25) is 5.91 Å².